The Bertz CT molecular complexity index is 1750. The first-order valence-corrected chi connectivity index (χ1v) is 17.6. The van der Waals surface area contributed by atoms with Crippen molar-refractivity contribution < 1.29 is 33.8 Å². The molecular weight excluding hydrogens is 670 g/mol. The third kappa shape index (κ3) is 6.96. The number of fused-ring (bicyclic) bond motifs is 1. The summed E-state index contributed by atoms with van der Waals surface area (Å²) in [6, 6.07) is 22.8. The zero-order chi connectivity index (χ0) is 36.1. The van der Waals surface area contributed by atoms with Crippen LogP contribution in [0.2, 0.25) is 5.02 Å². The second-order valence-corrected chi connectivity index (χ2v) is 13.5. The van der Waals surface area contributed by atoms with Gasteiger partial charge >= 0.3 is 5.97 Å². The number of ether oxygens (including phenoxy) is 2. The Morgan fingerprint density at radius 2 is 1.69 bits per heavy atom. The van der Waals surface area contributed by atoms with Gasteiger partial charge in [-0.1, -0.05) is 84.4 Å². The third-order valence-corrected chi connectivity index (χ3v) is 10.4. The van der Waals surface area contributed by atoms with Crippen molar-refractivity contribution in [3.05, 3.63) is 126 Å². The molecule has 0 unspecified atom stereocenters. The molecule has 0 saturated carbocycles. The first-order valence-electron chi connectivity index (χ1n) is 17.2. The average Bonchev–Trinajstić information content (AvgIpc) is 3.80. The zero-order valence-corrected chi connectivity index (χ0v) is 29.0. The highest BCUT2D eigenvalue weighted by Crippen LogP contribution is 2.60. The summed E-state index contributed by atoms with van der Waals surface area (Å²) in [5, 5.41) is 14.2. The molecule has 3 aromatic rings. The fraction of sp³-hybridized carbons (Fsp3) is 0.350. The smallest absolute Gasteiger partial charge is 0.313 e. The van der Waals surface area contributed by atoms with Crippen molar-refractivity contribution in [3.8, 4) is 0 Å². The van der Waals surface area contributed by atoms with Gasteiger partial charge in [-0.15, -0.1) is 13.2 Å². The SMILES string of the molecule is C=CCCC(=O)NC[C@H](OC(=O)[C@@H]1[C@H]2C(=O)N([C@H](CO)c3ccccc3)[C@H](C(=O)N(CC=C)c3ccc(Cl)cc3)[C@]23CC[C@H]1O3)c1ccccc1. The lowest BCUT2D eigenvalue weighted by atomic mass is 9.70. The number of carbonyl (C=O) groups is 4. The summed E-state index contributed by atoms with van der Waals surface area (Å²) >= 11 is 6.18. The molecule has 3 aromatic carbocycles. The molecule has 3 aliphatic heterocycles. The summed E-state index contributed by atoms with van der Waals surface area (Å²) in [6.45, 7) is 7.21. The number of likely N-dealkylation sites (tertiary alicyclic amines) is 1. The minimum absolute atomic E-state index is 0.0269. The Kier molecular flexibility index (Phi) is 11.0. The minimum atomic E-state index is -1.36. The normalized spacial score (nSPS) is 24.4. The van der Waals surface area contributed by atoms with Crippen LogP contribution < -0.4 is 10.2 Å². The van der Waals surface area contributed by atoms with Crippen LogP contribution in [0, 0.1) is 11.8 Å². The number of hydrogen-bond donors (Lipinski definition) is 2. The maximum Gasteiger partial charge on any atom is 0.313 e. The maximum absolute atomic E-state index is 14.9. The van der Waals surface area contributed by atoms with Gasteiger partial charge < -0.3 is 29.7 Å². The van der Waals surface area contributed by atoms with E-state index >= 15 is 0 Å². The van der Waals surface area contributed by atoms with Gasteiger partial charge in [0.2, 0.25) is 11.8 Å². The van der Waals surface area contributed by atoms with Gasteiger partial charge in [0.05, 0.1) is 37.1 Å². The lowest BCUT2D eigenvalue weighted by molar-refractivity contribution is -0.161. The molecule has 11 heteroatoms. The number of esters is 1. The van der Waals surface area contributed by atoms with E-state index < -0.39 is 66.1 Å². The van der Waals surface area contributed by atoms with Crippen molar-refractivity contribution in [3.63, 3.8) is 0 Å². The molecule has 3 aliphatic rings. The molecule has 10 nitrogen and oxygen atoms in total. The van der Waals surface area contributed by atoms with Crippen molar-refractivity contribution in [2.45, 2.75) is 55.6 Å². The summed E-state index contributed by atoms with van der Waals surface area (Å²) in [4.78, 5) is 59.6. The largest absolute Gasteiger partial charge is 0.455 e. The van der Waals surface area contributed by atoms with Crippen molar-refractivity contribution in [2.24, 2.45) is 11.8 Å². The number of hydrogen-bond acceptors (Lipinski definition) is 7. The molecule has 3 fully saturated rings. The van der Waals surface area contributed by atoms with Crippen molar-refractivity contribution in [2.75, 3.05) is 24.6 Å². The predicted molar refractivity (Wildman–Crippen MR) is 192 cm³/mol. The van der Waals surface area contributed by atoms with Gasteiger partial charge in [0, 0.05) is 23.7 Å². The summed E-state index contributed by atoms with van der Waals surface area (Å²) in [6.07, 6.45) is 3.26. The molecule has 2 bridgehead atoms. The van der Waals surface area contributed by atoms with Crippen LogP contribution in [0.1, 0.15) is 49.0 Å². The van der Waals surface area contributed by atoms with E-state index in [1.807, 2.05) is 24.3 Å². The van der Waals surface area contributed by atoms with Crippen molar-refractivity contribution in [1.29, 1.82) is 0 Å². The zero-order valence-electron chi connectivity index (χ0n) is 28.2. The number of nitrogens with one attached hydrogen (secondary N) is 1. The molecule has 0 aromatic heterocycles. The monoisotopic (exact) mass is 711 g/mol. The number of halogens is 1. The fourth-order valence-electron chi connectivity index (χ4n) is 7.87. The number of aliphatic hydroxyl groups is 1. The van der Waals surface area contributed by atoms with Gasteiger partial charge in [-0.05, 0) is 54.7 Å². The predicted octanol–water partition coefficient (Wildman–Crippen LogP) is 5.33. The van der Waals surface area contributed by atoms with Crippen LogP contribution in [-0.2, 0) is 28.7 Å². The molecular formula is C40H42ClN3O7. The summed E-state index contributed by atoms with van der Waals surface area (Å²) < 4.78 is 12.8. The number of benzene rings is 3. The van der Waals surface area contributed by atoms with Crippen LogP contribution in [0.25, 0.3) is 0 Å². The standard InChI is InChI=1S/C40H42ClN3O7/c1-3-5-16-33(46)42-24-32(27-14-10-7-11-15-27)50-39(49)34-31-21-22-40(51-31)35(34)37(47)44(30(25-45)26-12-8-6-9-13-26)36(40)38(48)43(23-4-2)29-19-17-28(41)18-20-29/h3-4,6-15,17-20,30-32,34-36,45H,1-2,5,16,21-25H2,(H,42,46)/t30-,31-,32+,34+,35+,36-,40+/m1/s1. The number of amides is 3. The second kappa shape index (κ2) is 15.6. The molecule has 3 amide bonds. The second-order valence-electron chi connectivity index (χ2n) is 13.1. The van der Waals surface area contributed by atoms with Gasteiger partial charge in [0.25, 0.3) is 5.91 Å². The van der Waals surface area contributed by atoms with Gasteiger partial charge in [0.15, 0.2) is 0 Å². The Balaban J connectivity index is 1.37. The van der Waals surface area contributed by atoms with E-state index in [2.05, 4.69) is 18.5 Å². The number of nitrogens with zero attached hydrogens (tertiary/aromatic N) is 2. The third-order valence-electron chi connectivity index (χ3n) is 10.1. The van der Waals surface area contributed by atoms with Crippen LogP contribution in [0.15, 0.2) is 110 Å². The first-order chi connectivity index (χ1) is 24.7. The van der Waals surface area contributed by atoms with E-state index in [1.165, 1.54) is 9.80 Å². The van der Waals surface area contributed by atoms with Crippen LogP contribution in [0.5, 0.6) is 0 Å². The fourth-order valence-corrected chi connectivity index (χ4v) is 7.99. The van der Waals surface area contributed by atoms with Crippen molar-refractivity contribution >= 4 is 41.0 Å². The van der Waals surface area contributed by atoms with Gasteiger partial charge in [-0.25, -0.2) is 0 Å². The van der Waals surface area contributed by atoms with E-state index in [-0.39, 0.29) is 25.4 Å². The van der Waals surface area contributed by atoms with E-state index in [9.17, 15) is 24.3 Å². The van der Waals surface area contributed by atoms with Crippen LogP contribution in [0.4, 0.5) is 5.69 Å². The van der Waals surface area contributed by atoms with E-state index in [0.717, 1.165) is 0 Å². The van der Waals surface area contributed by atoms with Crippen LogP contribution in [0.3, 0.4) is 0 Å². The molecule has 1 spiro atoms. The molecule has 266 valence electrons. The number of carbonyl (C=O) groups excluding carboxylic acids is 4. The van der Waals surface area contributed by atoms with E-state index in [4.69, 9.17) is 21.1 Å². The van der Waals surface area contributed by atoms with E-state index in [0.29, 0.717) is 41.1 Å². The summed E-state index contributed by atoms with van der Waals surface area (Å²) in [5.74, 6) is -3.83. The van der Waals surface area contributed by atoms with Crippen molar-refractivity contribution in [1.82, 2.24) is 10.2 Å². The number of allylic oxidation sites excluding steroid dienone is 1. The molecule has 3 saturated heterocycles. The van der Waals surface area contributed by atoms with Crippen LogP contribution >= 0.6 is 11.6 Å². The Labute approximate surface area is 302 Å². The van der Waals surface area contributed by atoms with Crippen LogP contribution in [-0.4, -0.2) is 71.1 Å². The highest BCUT2D eigenvalue weighted by Gasteiger charge is 2.76. The average molecular weight is 712 g/mol. The molecule has 6 rings (SSSR count). The van der Waals surface area contributed by atoms with E-state index in [1.54, 1.807) is 72.8 Å². The molecule has 7 atom stereocenters. The summed E-state index contributed by atoms with van der Waals surface area (Å²) in [7, 11) is 0. The Hall–Kier alpha value is -4.77. The highest BCUT2D eigenvalue weighted by molar-refractivity contribution is 6.30. The number of anilines is 1. The minimum Gasteiger partial charge on any atom is -0.455 e. The maximum atomic E-state index is 14.9. The molecule has 51 heavy (non-hydrogen) atoms. The topological polar surface area (TPSA) is 125 Å². The van der Waals surface area contributed by atoms with Gasteiger partial charge in [0.1, 0.15) is 17.7 Å². The van der Waals surface area contributed by atoms with Gasteiger partial charge in [-0.2, -0.15) is 0 Å². The Morgan fingerprint density at radius 3 is 2.31 bits per heavy atom. The lowest BCUT2D eigenvalue weighted by Gasteiger charge is -2.39. The number of aliphatic hydroxyl groups excluding tert-OH is 1. The molecule has 0 radical (unpaired) electrons. The quantitative estimate of drug-likeness (QED) is 0.161. The molecule has 0 aliphatic carbocycles. The number of rotatable bonds is 15. The molecule has 3 heterocycles. The Morgan fingerprint density at radius 1 is 1.02 bits per heavy atom. The molecule has 2 N–H and O–H groups in total. The first kappa shape index (κ1) is 36.0. The van der Waals surface area contributed by atoms with Gasteiger partial charge in [-0.3, -0.25) is 19.2 Å². The lowest BCUT2D eigenvalue weighted by Crippen LogP contribution is -2.57. The summed E-state index contributed by atoms with van der Waals surface area (Å²) in [5.41, 5.74) is 0.488. The highest BCUT2D eigenvalue weighted by atomic mass is 35.5.